The molecule has 0 saturated heterocycles. The normalized spacial score (nSPS) is 11.3. The minimum absolute atomic E-state index is 0.000107. The Kier molecular flexibility index (Phi) is 6.93. The number of nitrogens with zero attached hydrogens (tertiary/aromatic N) is 2. The van der Waals surface area contributed by atoms with Gasteiger partial charge in [-0.05, 0) is 54.2 Å². The van der Waals surface area contributed by atoms with Crippen LogP contribution in [-0.4, -0.2) is 22.1 Å². The summed E-state index contributed by atoms with van der Waals surface area (Å²) in [5.41, 5.74) is 3.39. The fourth-order valence-corrected chi connectivity index (χ4v) is 3.16. The van der Waals surface area contributed by atoms with E-state index in [9.17, 15) is 4.79 Å². The van der Waals surface area contributed by atoms with E-state index in [4.69, 9.17) is 4.74 Å². The molecule has 0 fully saturated rings. The van der Waals surface area contributed by atoms with Gasteiger partial charge in [0.15, 0.2) is 0 Å². The smallest absolute Gasteiger partial charge is 0.224 e. The Balaban J connectivity index is 1.39. The third-order valence-electron chi connectivity index (χ3n) is 5.05. The molecule has 1 N–H and O–H groups in total. The molecule has 158 valence electrons. The van der Waals surface area contributed by atoms with Crippen LogP contribution in [0.15, 0.2) is 60.9 Å². The van der Waals surface area contributed by atoms with Crippen molar-refractivity contribution in [2.24, 2.45) is 0 Å². The first-order chi connectivity index (χ1) is 14.3. The van der Waals surface area contributed by atoms with Crippen LogP contribution in [0.3, 0.4) is 0 Å². The molecule has 0 spiro atoms. The lowest BCUT2D eigenvalue weighted by atomic mass is 9.87. The number of imidazole rings is 1. The van der Waals surface area contributed by atoms with Crippen LogP contribution in [0.4, 0.5) is 5.69 Å². The SMILES string of the molecule is Cc1nccn1Cc1ccc(NC(=O)CCCOc2ccc(C(C)(C)C)cc2)cc1. The van der Waals surface area contributed by atoms with Crippen molar-refractivity contribution in [2.45, 2.75) is 52.5 Å². The minimum atomic E-state index is -0.000107. The zero-order valence-electron chi connectivity index (χ0n) is 18.3. The predicted octanol–water partition coefficient (Wildman–Crippen LogP) is 5.34. The predicted molar refractivity (Wildman–Crippen MR) is 121 cm³/mol. The van der Waals surface area contributed by atoms with Gasteiger partial charge in [-0.3, -0.25) is 4.79 Å². The van der Waals surface area contributed by atoms with Crippen molar-refractivity contribution in [3.8, 4) is 5.75 Å². The maximum absolute atomic E-state index is 12.2. The maximum Gasteiger partial charge on any atom is 0.224 e. The molecule has 0 radical (unpaired) electrons. The lowest BCUT2D eigenvalue weighted by molar-refractivity contribution is -0.116. The summed E-state index contributed by atoms with van der Waals surface area (Å²) in [6, 6.07) is 16.1. The van der Waals surface area contributed by atoms with Gasteiger partial charge >= 0.3 is 0 Å². The van der Waals surface area contributed by atoms with Crippen LogP contribution in [0, 0.1) is 6.92 Å². The second kappa shape index (κ2) is 9.61. The molecule has 0 aliphatic carbocycles. The number of aryl methyl sites for hydroxylation is 1. The van der Waals surface area contributed by atoms with E-state index in [1.165, 1.54) is 11.1 Å². The van der Waals surface area contributed by atoms with Crippen molar-refractivity contribution in [3.63, 3.8) is 0 Å². The standard InChI is InChI=1S/C25H31N3O2/c1-19-26-15-16-28(19)18-20-7-11-22(12-8-20)27-24(29)6-5-17-30-23-13-9-21(10-14-23)25(2,3)4/h7-16H,5-6,17-18H2,1-4H3,(H,27,29). The first-order valence-corrected chi connectivity index (χ1v) is 10.4. The number of carbonyl (C=O) groups excluding carboxylic acids is 1. The van der Waals surface area contributed by atoms with E-state index in [1.54, 1.807) is 6.20 Å². The average molecular weight is 406 g/mol. The Hall–Kier alpha value is -3.08. The zero-order valence-corrected chi connectivity index (χ0v) is 18.3. The third-order valence-corrected chi connectivity index (χ3v) is 5.05. The molecule has 3 rings (SSSR count). The molecular formula is C25H31N3O2. The van der Waals surface area contributed by atoms with Crippen molar-refractivity contribution in [1.29, 1.82) is 0 Å². The molecule has 0 atom stereocenters. The number of carbonyl (C=O) groups is 1. The first-order valence-electron chi connectivity index (χ1n) is 10.4. The van der Waals surface area contributed by atoms with Crippen molar-refractivity contribution in [2.75, 3.05) is 11.9 Å². The molecule has 0 unspecified atom stereocenters. The lowest BCUT2D eigenvalue weighted by Crippen LogP contribution is -2.13. The fraction of sp³-hybridized carbons (Fsp3) is 0.360. The van der Waals surface area contributed by atoms with Gasteiger partial charge in [-0.15, -0.1) is 0 Å². The van der Waals surface area contributed by atoms with Crippen molar-refractivity contribution in [1.82, 2.24) is 9.55 Å². The van der Waals surface area contributed by atoms with E-state index in [-0.39, 0.29) is 11.3 Å². The Morgan fingerprint density at radius 2 is 1.77 bits per heavy atom. The Morgan fingerprint density at radius 3 is 2.37 bits per heavy atom. The monoisotopic (exact) mass is 405 g/mol. The van der Waals surface area contributed by atoms with Crippen LogP contribution in [0.5, 0.6) is 5.75 Å². The molecule has 5 heteroatoms. The molecule has 1 amide bonds. The molecule has 1 heterocycles. The fourth-order valence-electron chi connectivity index (χ4n) is 3.16. The average Bonchev–Trinajstić information content (AvgIpc) is 3.11. The summed E-state index contributed by atoms with van der Waals surface area (Å²) >= 11 is 0. The highest BCUT2D eigenvalue weighted by Crippen LogP contribution is 2.24. The highest BCUT2D eigenvalue weighted by atomic mass is 16.5. The number of amides is 1. The summed E-state index contributed by atoms with van der Waals surface area (Å²) < 4.78 is 7.85. The van der Waals surface area contributed by atoms with Crippen LogP contribution in [-0.2, 0) is 16.8 Å². The number of anilines is 1. The van der Waals surface area contributed by atoms with Crippen LogP contribution in [0.2, 0.25) is 0 Å². The summed E-state index contributed by atoms with van der Waals surface area (Å²) in [4.78, 5) is 16.4. The van der Waals surface area contributed by atoms with E-state index in [0.29, 0.717) is 19.4 Å². The quantitative estimate of drug-likeness (QED) is 0.515. The molecule has 0 aliphatic heterocycles. The molecule has 0 saturated carbocycles. The lowest BCUT2D eigenvalue weighted by Gasteiger charge is -2.19. The van der Waals surface area contributed by atoms with Gasteiger partial charge in [-0.1, -0.05) is 45.0 Å². The summed E-state index contributed by atoms with van der Waals surface area (Å²) in [6.07, 6.45) is 4.86. The van der Waals surface area contributed by atoms with Gasteiger partial charge in [0.25, 0.3) is 0 Å². The largest absolute Gasteiger partial charge is 0.494 e. The molecule has 0 aliphatic rings. The maximum atomic E-state index is 12.2. The Bertz CT molecular complexity index is 951. The minimum Gasteiger partial charge on any atom is -0.494 e. The highest BCUT2D eigenvalue weighted by molar-refractivity contribution is 5.90. The van der Waals surface area contributed by atoms with Crippen molar-refractivity contribution in [3.05, 3.63) is 77.9 Å². The molecule has 5 nitrogen and oxygen atoms in total. The second-order valence-electron chi connectivity index (χ2n) is 8.57. The number of aromatic nitrogens is 2. The van der Waals surface area contributed by atoms with Crippen LogP contribution in [0.1, 0.15) is 50.6 Å². The number of nitrogens with one attached hydrogen (secondary N) is 1. The number of rotatable bonds is 8. The molecule has 1 aromatic heterocycles. The molecular weight excluding hydrogens is 374 g/mol. The molecule has 30 heavy (non-hydrogen) atoms. The Morgan fingerprint density at radius 1 is 1.07 bits per heavy atom. The van der Waals surface area contributed by atoms with Gasteiger partial charge in [0.2, 0.25) is 5.91 Å². The topological polar surface area (TPSA) is 56.2 Å². The Labute approximate surface area is 179 Å². The van der Waals surface area contributed by atoms with Gasteiger partial charge in [-0.25, -0.2) is 4.98 Å². The molecule has 2 aromatic carbocycles. The number of hydrogen-bond acceptors (Lipinski definition) is 3. The van der Waals surface area contributed by atoms with Gasteiger partial charge in [0.05, 0.1) is 6.61 Å². The first kappa shape index (κ1) is 21.6. The number of benzene rings is 2. The highest BCUT2D eigenvalue weighted by Gasteiger charge is 2.13. The van der Waals surface area contributed by atoms with E-state index in [1.807, 2.05) is 49.5 Å². The van der Waals surface area contributed by atoms with Crippen LogP contribution in [0.25, 0.3) is 0 Å². The van der Waals surface area contributed by atoms with Crippen molar-refractivity contribution >= 4 is 11.6 Å². The van der Waals surface area contributed by atoms with E-state index in [0.717, 1.165) is 23.8 Å². The number of hydrogen-bond donors (Lipinski definition) is 1. The molecule has 0 bridgehead atoms. The summed E-state index contributed by atoms with van der Waals surface area (Å²) in [5, 5.41) is 2.95. The van der Waals surface area contributed by atoms with E-state index in [2.05, 4.69) is 47.8 Å². The zero-order chi connectivity index (χ0) is 21.6. The van der Waals surface area contributed by atoms with Gasteiger partial charge in [-0.2, -0.15) is 0 Å². The van der Waals surface area contributed by atoms with Gasteiger partial charge < -0.3 is 14.6 Å². The second-order valence-corrected chi connectivity index (χ2v) is 8.57. The summed E-state index contributed by atoms with van der Waals surface area (Å²) in [7, 11) is 0. The molecule has 3 aromatic rings. The number of ether oxygens (including phenoxy) is 1. The van der Waals surface area contributed by atoms with Gasteiger partial charge in [0, 0.05) is 31.0 Å². The van der Waals surface area contributed by atoms with E-state index >= 15 is 0 Å². The van der Waals surface area contributed by atoms with Crippen molar-refractivity contribution < 1.29 is 9.53 Å². The van der Waals surface area contributed by atoms with Crippen LogP contribution < -0.4 is 10.1 Å². The van der Waals surface area contributed by atoms with Crippen LogP contribution >= 0.6 is 0 Å². The summed E-state index contributed by atoms with van der Waals surface area (Å²) in [5.74, 6) is 1.83. The summed E-state index contributed by atoms with van der Waals surface area (Å²) in [6.45, 7) is 9.85. The third kappa shape index (κ3) is 6.21. The van der Waals surface area contributed by atoms with Gasteiger partial charge in [0.1, 0.15) is 11.6 Å². The van der Waals surface area contributed by atoms with E-state index < -0.39 is 0 Å².